The summed E-state index contributed by atoms with van der Waals surface area (Å²) in [5.41, 5.74) is 5.70. The van der Waals surface area contributed by atoms with Gasteiger partial charge in [-0.15, -0.1) is 0 Å². The molecule has 0 atom stereocenters. The number of aromatic nitrogens is 2. The average molecular weight is 275 g/mol. The number of hydrogen-bond acceptors (Lipinski definition) is 3. The van der Waals surface area contributed by atoms with Gasteiger partial charge in [0, 0.05) is 25.4 Å². The summed E-state index contributed by atoms with van der Waals surface area (Å²) < 4.78 is 7.16. The van der Waals surface area contributed by atoms with Gasteiger partial charge in [0.15, 0.2) is 0 Å². The zero-order valence-corrected chi connectivity index (χ0v) is 12.7. The smallest absolute Gasteiger partial charge is 0.274 e. The van der Waals surface area contributed by atoms with Crippen molar-refractivity contribution in [2.75, 3.05) is 6.54 Å². The number of allylic oxidation sites excluding steroid dienone is 2. The molecule has 2 heterocycles. The lowest BCUT2D eigenvalue weighted by molar-refractivity contribution is 0.254. The van der Waals surface area contributed by atoms with Crippen molar-refractivity contribution in [1.82, 2.24) is 14.7 Å². The fourth-order valence-corrected chi connectivity index (χ4v) is 2.28. The first-order valence-electron chi connectivity index (χ1n) is 6.87. The maximum Gasteiger partial charge on any atom is 0.274 e. The summed E-state index contributed by atoms with van der Waals surface area (Å²) in [6.07, 6.45) is 2.48. The molecule has 0 unspecified atom stereocenters. The van der Waals surface area contributed by atoms with E-state index in [0.29, 0.717) is 11.4 Å². The first-order chi connectivity index (χ1) is 9.49. The van der Waals surface area contributed by atoms with Crippen molar-refractivity contribution in [3.05, 3.63) is 44.7 Å². The van der Waals surface area contributed by atoms with Gasteiger partial charge in [-0.3, -0.25) is 14.6 Å². The first kappa shape index (κ1) is 14.3. The van der Waals surface area contributed by atoms with E-state index in [9.17, 15) is 4.79 Å². The largest absolute Gasteiger partial charge is 0.437 e. The third-order valence-electron chi connectivity index (χ3n) is 3.58. The fourth-order valence-electron chi connectivity index (χ4n) is 2.28. The molecule has 108 valence electrons. The minimum absolute atomic E-state index is 0.0441. The van der Waals surface area contributed by atoms with Crippen molar-refractivity contribution in [1.29, 1.82) is 0 Å². The monoisotopic (exact) mass is 275 g/mol. The predicted molar refractivity (Wildman–Crippen MR) is 78.7 cm³/mol. The molecule has 0 saturated carbocycles. The third kappa shape index (κ3) is 2.32. The van der Waals surface area contributed by atoms with E-state index < -0.39 is 0 Å². The van der Waals surface area contributed by atoms with Crippen LogP contribution in [0.3, 0.4) is 0 Å². The van der Waals surface area contributed by atoms with Crippen molar-refractivity contribution in [2.24, 2.45) is 7.05 Å². The molecule has 5 heteroatoms. The van der Waals surface area contributed by atoms with E-state index in [4.69, 9.17) is 4.74 Å². The minimum atomic E-state index is -0.0441. The van der Waals surface area contributed by atoms with E-state index in [2.05, 4.69) is 17.8 Å². The molecule has 1 aromatic heterocycles. The zero-order chi connectivity index (χ0) is 14.9. The molecule has 1 aliphatic rings. The molecule has 0 spiro atoms. The number of hydrogen-bond donors (Lipinski definition) is 1. The fraction of sp³-hybridized carbons (Fsp3) is 0.467. The van der Waals surface area contributed by atoms with E-state index >= 15 is 0 Å². The maximum atomic E-state index is 12.0. The van der Waals surface area contributed by atoms with Gasteiger partial charge in [-0.05, 0) is 27.2 Å². The molecule has 1 N–H and O–H groups in total. The molecule has 2 rings (SSSR count). The SMILES string of the molecule is CCc1[nH]n(C)c(=O)c1C=C=C1OC(C)=C(C)N1CC. The van der Waals surface area contributed by atoms with Crippen LogP contribution in [0.1, 0.15) is 39.0 Å². The third-order valence-corrected chi connectivity index (χ3v) is 3.58. The summed E-state index contributed by atoms with van der Waals surface area (Å²) in [5.74, 6) is 1.52. The Hall–Kier alpha value is -2.13. The van der Waals surface area contributed by atoms with Crippen LogP contribution in [0.15, 0.2) is 27.9 Å². The number of aromatic amines is 1. The molecule has 0 amide bonds. The average Bonchev–Trinajstić information content (AvgIpc) is 2.86. The summed E-state index contributed by atoms with van der Waals surface area (Å²) in [6.45, 7) is 8.82. The van der Waals surface area contributed by atoms with Gasteiger partial charge >= 0.3 is 0 Å². The summed E-state index contributed by atoms with van der Waals surface area (Å²) in [5, 5.41) is 3.04. The quantitative estimate of drug-likeness (QED) is 0.861. The molecular weight excluding hydrogens is 254 g/mol. The van der Waals surface area contributed by atoms with Crippen LogP contribution in [0.5, 0.6) is 0 Å². The van der Waals surface area contributed by atoms with E-state index in [1.807, 2.05) is 25.7 Å². The Morgan fingerprint density at radius 1 is 1.35 bits per heavy atom. The number of nitrogens with zero attached hydrogens (tertiary/aromatic N) is 2. The van der Waals surface area contributed by atoms with Gasteiger partial charge in [-0.25, -0.2) is 0 Å². The van der Waals surface area contributed by atoms with Crippen LogP contribution in [0, 0.1) is 0 Å². The van der Waals surface area contributed by atoms with E-state index in [1.54, 1.807) is 13.1 Å². The molecule has 0 saturated heterocycles. The number of rotatable bonds is 3. The van der Waals surface area contributed by atoms with Gasteiger partial charge in [-0.1, -0.05) is 12.7 Å². The highest BCUT2D eigenvalue weighted by Crippen LogP contribution is 2.27. The Labute approximate surface area is 118 Å². The van der Waals surface area contributed by atoms with Crippen molar-refractivity contribution in [2.45, 2.75) is 34.1 Å². The Bertz CT molecular complexity index is 670. The van der Waals surface area contributed by atoms with Gasteiger partial charge in [0.2, 0.25) is 5.88 Å². The number of H-pyrrole nitrogens is 1. The molecule has 0 bridgehead atoms. The predicted octanol–water partition coefficient (Wildman–Crippen LogP) is 2.33. The molecular formula is C15H21N3O2. The van der Waals surface area contributed by atoms with Gasteiger partial charge in [0.25, 0.3) is 5.56 Å². The lowest BCUT2D eigenvalue weighted by atomic mass is 10.2. The second-order valence-corrected chi connectivity index (χ2v) is 4.80. The maximum absolute atomic E-state index is 12.0. The molecule has 0 aliphatic carbocycles. The Kier molecular flexibility index (Phi) is 3.91. The van der Waals surface area contributed by atoms with Gasteiger partial charge in [-0.2, -0.15) is 0 Å². The van der Waals surface area contributed by atoms with Crippen molar-refractivity contribution < 1.29 is 4.74 Å². The number of aryl methyl sites for hydroxylation is 2. The standard InChI is InChI=1S/C15H21N3O2/c1-6-13-12(15(19)17(5)16-13)8-9-14-18(7-2)10(3)11(4)20-14/h8,16H,6-7H2,1-5H3. The highest BCUT2D eigenvalue weighted by atomic mass is 16.5. The van der Waals surface area contributed by atoms with Crippen LogP contribution in [-0.4, -0.2) is 21.2 Å². The normalized spacial score (nSPS) is 14.7. The second kappa shape index (κ2) is 5.47. The highest BCUT2D eigenvalue weighted by molar-refractivity contribution is 5.51. The summed E-state index contributed by atoms with van der Waals surface area (Å²) in [4.78, 5) is 14.1. The van der Waals surface area contributed by atoms with Crippen molar-refractivity contribution >= 4 is 6.08 Å². The lowest BCUT2D eigenvalue weighted by Crippen LogP contribution is -2.16. The van der Waals surface area contributed by atoms with Crippen LogP contribution < -0.4 is 5.56 Å². The molecule has 0 fully saturated rings. The molecule has 0 radical (unpaired) electrons. The van der Waals surface area contributed by atoms with E-state index in [-0.39, 0.29) is 5.56 Å². The lowest BCUT2D eigenvalue weighted by Gasteiger charge is -2.14. The Balaban J connectivity index is 2.44. The van der Waals surface area contributed by atoms with Crippen molar-refractivity contribution in [3.63, 3.8) is 0 Å². The summed E-state index contributed by atoms with van der Waals surface area (Å²) in [7, 11) is 1.71. The molecule has 1 aliphatic heterocycles. The number of nitrogens with one attached hydrogen (secondary N) is 1. The van der Waals surface area contributed by atoms with Crippen molar-refractivity contribution in [3.8, 4) is 0 Å². The summed E-state index contributed by atoms with van der Waals surface area (Å²) in [6, 6.07) is 0. The molecule has 20 heavy (non-hydrogen) atoms. The zero-order valence-electron chi connectivity index (χ0n) is 12.7. The molecule has 0 aromatic carbocycles. The number of ether oxygens (including phenoxy) is 1. The van der Waals surface area contributed by atoms with Crippen LogP contribution in [0.25, 0.3) is 6.08 Å². The summed E-state index contributed by atoms with van der Waals surface area (Å²) >= 11 is 0. The van der Waals surface area contributed by atoms with E-state index in [1.165, 1.54) is 4.68 Å². The molecule has 1 aromatic rings. The topological polar surface area (TPSA) is 50.3 Å². The minimum Gasteiger partial charge on any atom is -0.437 e. The highest BCUT2D eigenvalue weighted by Gasteiger charge is 2.21. The Morgan fingerprint density at radius 2 is 2.05 bits per heavy atom. The van der Waals surface area contributed by atoms with Gasteiger partial charge in [0.1, 0.15) is 5.76 Å². The van der Waals surface area contributed by atoms with Crippen LogP contribution in [0.2, 0.25) is 0 Å². The van der Waals surface area contributed by atoms with Crippen LogP contribution >= 0.6 is 0 Å². The van der Waals surface area contributed by atoms with Gasteiger partial charge in [0.05, 0.1) is 11.3 Å². The Morgan fingerprint density at radius 3 is 2.65 bits per heavy atom. The first-order valence-corrected chi connectivity index (χ1v) is 6.87. The van der Waals surface area contributed by atoms with Gasteiger partial charge < -0.3 is 9.64 Å². The second-order valence-electron chi connectivity index (χ2n) is 4.80. The van der Waals surface area contributed by atoms with Crippen LogP contribution in [0.4, 0.5) is 0 Å². The molecule has 5 nitrogen and oxygen atoms in total. The van der Waals surface area contributed by atoms with Crippen LogP contribution in [-0.2, 0) is 18.2 Å². The van der Waals surface area contributed by atoms with E-state index in [0.717, 1.165) is 30.1 Å².